The molecule has 2 aromatic rings. The Bertz CT molecular complexity index is 595. The van der Waals surface area contributed by atoms with Gasteiger partial charge in [-0.25, -0.2) is 4.79 Å². The smallest absolute Gasteiger partial charge is 0.319 e. The molecule has 0 aliphatic rings. The van der Waals surface area contributed by atoms with Crippen molar-refractivity contribution in [2.24, 2.45) is 0 Å². The summed E-state index contributed by atoms with van der Waals surface area (Å²) in [6.45, 7) is 4.80. The van der Waals surface area contributed by atoms with Crippen molar-refractivity contribution in [3.05, 3.63) is 41.8 Å². The molecule has 0 atom stereocenters. The van der Waals surface area contributed by atoms with Gasteiger partial charge in [0.1, 0.15) is 12.4 Å². The van der Waals surface area contributed by atoms with Gasteiger partial charge in [0.15, 0.2) is 5.76 Å². The molecule has 0 fully saturated rings. The van der Waals surface area contributed by atoms with E-state index in [1.807, 2.05) is 32.0 Å². The van der Waals surface area contributed by atoms with Crippen LogP contribution in [0.2, 0.25) is 0 Å². The molecule has 0 radical (unpaired) electrons. The van der Waals surface area contributed by atoms with Gasteiger partial charge in [-0.05, 0) is 25.5 Å². The lowest BCUT2D eigenvalue weighted by Gasteiger charge is -2.09. The second-order valence-electron chi connectivity index (χ2n) is 4.63. The minimum absolute atomic E-state index is 0.222. The van der Waals surface area contributed by atoms with Crippen LogP contribution in [0.3, 0.4) is 0 Å². The van der Waals surface area contributed by atoms with E-state index in [9.17, 15) is 4.79 Å². The predicted octanol–water partition coefficient (Wildman–Crippen LogP) is 3.09. The van der Waals surface area contributed by atoms with Gasteiger partial charge in [0.2, 0.25) is 0 Å². The lowest BCUT2D eigenvalue weighted by Crippen LogP contribution is -2.29. The summed E-state index contributed by atoms with van der Waals surface area (Å²) < 4.78 is 10.7. The van der Waals surface area contributed by atoms with Crippen molar-refractivity contribution in [3.8, 4) is 5.75 Å². The highest BCUT2D eigenvalue weighted by Crippen LogP contribution is 2.18. The van der Waals surface area contributed by atoms with Crippen LogP contribution in [-0.4, -0.2) is 17.7 Å². The monoisotopic (exact) mass is 289 g/mol. The summed E-state index contributed by atoms with van der Waals surface area (Å²) in [7, 11) is 0. The standard InChI is InChI=1S/C15H19N3O3/c1-3-7-16-15(19)17-12-5-4-6-13(9-12)20-10-14-8-11(2)18-21-14/h4-6,8-9H,3,7,10H2,1-2H3,(H2,16,17,19). The molecule has 1 aromatic heterocycles. The largest absolute Gasteiger partial charge is 0.485 e. The Kier molecular flexibility index (Phi) is 5.20. The normalized spacial score (nSPS) is 10.2. The number of hydrogen-bond acceptors (Lipinski definition) is 4. The van der Waals surface area contributed by atoms with E-state index in [4.69, 9.17) is 9.26 Å². The van der Waals surface area contributed by atoms with E-state index in [0.717, 1.165) is 12.1 Å². The number of nitrogens with zero attached hydrogens (tertiary/aromatic N) is 1. The molecule has 0 saturated carbocycles. The number of ether oxygens (including phenoxy) is 1. The number of amides is 2. The third-order valence-corrected chi connectivity index (χ3v) is 2.69. The second-order valence-corrected chi connectivity index (χ2v) is 4.63. The van der Waals surface area contributed by atoms with E-state index in [0.29, 0.717) is 30.3 Å². The minimum Gasteiger partial charge on any atom is -0.485 e. The van der Waals surface area contributed by atoms with Crippen LogP contribution < -0.4 is 15.4 Å². The van der Waals surface area contributed by atoms with E-state index >= 15 is 0 Å². The number of nitrogens with one attached hydrogen (secondary N) is 2. The number of carbonyl (C=O) groups is 1. The molecule has 0 aliphatic carbocycles. The minimum atomic E-state index is -0.222. The van der Waals surface area contributed by atoms with Crippen molar-refractivity contribution in [1.82, 2.24) is 10.5 Å². The van der Waals surface area contributed by atoms with Crippen LogP contribution in [0.5, 0.6) is 5.75 Å². The Morgan fingerprint density at radius 2 is 2.24 bits per heavy atom. The fourth-order valence-corrected chi connectivity index (χ4v) is 1.72. The maximum Gasteiger partial charge on any atom is 0.319 e. The summed E-state index contributed by atoms with van der Waals surface area (Å²) in [6.07, 6.45) is 0.896. The molecule has 1 aromatic carbocycles. The van der Waals surface area contributed by atoms with Crippen LogP contribution in [0.1, 0.15) is 24.8 Å². The highest BCUT2D eigenvalue weighted by atomic mass is 16.5. The molecule has 0 aliphatic heterocycles. The molecule has 1 heterocycles. The van der Waals surface area contributed by atoms with Crippen molar-refractivity contribution in [2.75, 3.05) is 11.9 Å². The topological polar surface area (TPSA) is 76.4 Å². The van der Waals surface area contributed by atoms with Gasteiger partial charge in [0, 0.05) is 24.4 Å². The van der Waals surface area contributed by atoms with E-state index < -0.39 is 0 Å². The Hall–Kier alpha value is -2.50. The van der Waals surface area contributed by atoms with Crippen molar-refractivity contribution >= 4 is 11.7 Å². The maximum atomic E-state index is 11.6. The number of aryl methyl sites for hydroxylation is 1. The predicted molar refractivity (Wildman–Crippen MR) is 79.3 cm³/mol. The van der Waals surface area contributed by atoms with Gasteiger partial charge in [-0.3, -0.25) is 0 Å². The molecule has 6 heteroatoms. The molecule has 0 spiro atoms. The average molecular weight is 289 g/mol. The zero-order valence-corrected chi connectivity index (χ0v) is 12.2. The number of carbonyl (C=O) groups excluding carboxylic acids is 1. The average Bonchev–Trinajstić information content (AvgIpc) is 2.89. The summed E-state index contributed by atoms with van der Waals surface area (Å²) in [5, 5.41) is 9.29. The van der Waals surface area contributed by atoms with Gasteiger partial charge in [0.25, 0.3) is 0 Å². The van der Waals surface area contributed by atoms with Crippen LogP contribution >= 0.6 is 0 Å². The van der Waals surface area contributed by atoms with Crippen LogP contribution in [0.15, 0.2) is 34.9 Å². The zero-order chi connectivity index (χ0) is 15.1. The first-order chi connectivity index (χ1) is 10.2. The van der Waals surface area contributed by atoms with Crippen molar-refractivity contribution < 1.29 is 14.1 Å². The highest BCUT2D eigenvalue weighted by molar-refractivity contribution is 5.89. The molecule has 6 nitrogen and oxygen atoms in total. The third-order valence-electron chi connectivity index (χ3n) is 2.69. The Labute approximate surface area is 123 Å². The number of anilines is 1. The number of hydrogen-bond donors (Lipinski definition) is 2. The maximum absolute atomic E-state index is 11.6. The van der Waals surface area contributed by atoms with E-state index in [2.05, 4.69) is 15.8 Å². The van der Waals surface area contributed by atoms with E-state index in [1.165, 1.54) is 0 Å². The zero-order valence-electron chi connectivity index (χ0n) is 12.2. The molecule has 2 N–H and O–H groups in total. The quantitative estimate of drug-likeness (QED) is 0.856. The fraction of sp³-hybridized carbons (Fsp3) is 0.333. The highest BCUT2D eigenvalue weighted by Gasteiger charge is 2.04. The SMILES string of the molecule is CCCNC(=O)Nc1cccc(OCc2cc(C)no2)c1. The first-order valence-corrected chi connectivity index (χ1v) is 6.87. The fourth-order valence-electron chi connectivity index (χ4n) is 1.72. The lowest BCUT2D eigenvalue weighted by atomic mass is 10.3. The second kappa shape index (κ2) is 7.33. The summed E-state index contributed by atoms with van der Waals surface area (Å²) in [6, 6.07) is 8.79. The Morgan fingerprint density at radius 1 is 1.38 bits per heavy atom. The number of aromatic nitrogens is 1. The molecular formula is C15H19N3O3. The van der Waals surface area contributed by atoms with Gasteiger partial charge in [-0.15, -0.1) is 0 Å². The van der Waals surface area contributed by atoms with Gasteiger partial charge >= 0.3 is 6.03 Å². The summed E-state index contributed by atoms with van der Waals surface area (Å²) in [5.41, 5.74) is 1.49. The first-order valence-electron chi connectivity index (χ1n) is 6.87. The summed E-state index contributed by atoms with van der Waals surface area (Å²) in [5.74, 6) is 1.31. The molecule has 0 unspecified atom stereocenters. The van der Waals surface area contributed by atoms with Crippen molar-refractivity contribution in [2.45, 2.75) is 26.9 Å². The summed E-state index contributed by atoms with van der Waals surface area (Å²) >= 11 is 0. The number of rotatable bonds is 6. The number of benzene rings is 1. The van der Waals surface area contributed by atoms with Crippen molar-refractivity contribution in [1.29, 1.82) is 0 Å². The van der Waals surface area contributed by atoms with Crippen molar-refractivity contribution in [3.63, 3.8) is 0 Å². The molecule has 0 bridgehead atoms. The molecule has 21 heavy (non-hydrogen) atoms. The van der Waals surface area contributed by atoms with E-state index in [-0.39, 0.29) is 6.03 Å². The lowest BCUT2D eigenvalue weighted by molar-refractivity contribution is 0.248. The third kappa shape index (κ3) is 4.83. The van der Waals surface area contributed by atoms with Gasteiger partial charge in [-0.1, -0.05) is 18.1 Å². The van der Waals surface area contributed by atoms with Crippen LogP contribution in [0.4, 0.5) is 10.5 Å². The number of urea groups is 1. The van der Waals surface area contributed by atoms with Gasteiger partial charge < -0.3 is 19.9 Å². The van der Waals surface area contributed by atoms with Gasteiger partial charge in [-0.2, -0.15) is 0 Å². The van der Waals surface area contributed by atoms with Gasteiger partial charge in [0.05, 0.1) is 5.69 Å². The molecule has 112 valence electrons. The molecule has 0 saturated heterocycles. The summed E-state index contributed by atoms with van der Waals surface area (Å²) in [4.78, 5) is 11.6. The van der Waals surface area contributed by atoms with Crippen LogP contribution in [0, 0.1) is 6.92 Å². The molecule has 2 amide bonds. The van der Waals surface area contributed by atoms with Crippen LogP contribution in [-0.2, 0) is 6.61 Å². The molecule has 2 rings (SSSR count). The Balaban J connectivity index is 1.89. The Morgan fingerprint density at radius 3 is 2.95 bits per heavy atom. The first kappa shape index (κ1) is 14.9. The van der Waals surface area contributed by atoms with E-state index in [1.54, 1.807) is 12.1 Å². The van der Waals surface area contributed by atoms with Crippen LogP contribution in [0.25, 0.3) is 0 Å². The molecular weight excluding hydrogens is 270 g/mol.